The van der Waals surface area contributed by atoms with Crippen molar-refractivity contribution in [3.63, 3.8) is 0 Å². The zero-order valence-corrected chi connectivity index (χ0v) is 14.0. The minimum Gasteiger partial charge on any atom is -0.340 e. The number of carbonyl (C=O) groups is 2. The monoisotopic (exact) mass is 344 g/mol. The van der Waals surface area contributed by atoms with Crippen molar-refractivity contribution in [3.8, 4) is 0 Å². The van der Waals surface area contributed by atoms with E-state index in [4.69, 9.17) is 0 Å². The number of anilines is 1. The number of amides is 2. The number of nitrogens with one attached hydrogen (secondary N) is 1. The van der Waals surface area contributed by atoms with Gasteiger partial charge in [0.05, 0.1) is 5.56 Å². The summed E-state index contributed by atoms with van der Waals surface area (Å²) in [6, 6.07) is 7.84. The Bertz CT molecular complexity index is 831. The fourth-order valence-electron chi connectivity index (χ4n) is 3.09. The van der Waals surface area contributed by atoms with Crippen molar-refractivity contribution in [2.45, 2.75) is 26.3 Å². The highest BCUT2D eigenvalue weighted by molar-refractivity contribution is 6.04. The van der Waals surface area contributed by atoms with E-state index in [-0.39, 0.29) is 11.5 Å². The summed E-state index contributed by atoms with van der Waals surface area (Å²) in [7, 11) is 0. The first-order valence-electron chi connectivity index (χ1n) is 8.01. The first-order chi connectivity index (χ1) is 11.8. The molecule has 0 spiro atoms. The van der Waals surface area contributed by atoms with Crippen LogP contribution in [0.4, 0.5) is 14.5 Å². The second kappa shape index (κ2) is 6.63. The largest absolute Gasteiger partial charge is 0.340 e. The summed E-state index contributed by atoms with van der Waals surface area (Å²) in [4.78, 5) is 26.4. The van der Waals surface area contributed by atoms with Crippen molar-refractivity contribution in [1.82, 2.24) is 5.32 Å². The third-order valence-corrected chi connectivity index (χ3v) is 4.20. The van der Waals surface area contributed by atoms with Crippen LogP contribution in [-0.4, -0.2) is 24.4 Å². The van der Waals surface area contributed by atoms with Crippen LogP contribution in [-0.2, 0) is 4.79 Å². The molecule has 2 aromatic rings. The second-order valence-electron chi connectivity index (χ2n) is 6.27. The van der Waals surface area contributed by atoms with Crippen molar-refractivity contribution >= 4 is 17.5 Å². The molecule has 1 aliphatic rings. The normalized spacial score (nSPS) is 17.0. The smallest absolute Gasteiger partial charge is 0.254 e. The number of halogens is 2. The van der Waals surface area contributed by atoms with Crippen LogP contribution in [0.25, 0.3) is 0 Å². The molecule has 1 fully saturated rings. The van der Waals surface area contributed by atoms with Gasteiger partial charge in [0.15, 0.2) is 0 Å². The Kier molecular flexibility index (Phi) is 4.53. The van der Waals surface area contributed by atoms with E-state index < -0.39 is 23.6 Å². The predicted octanol–water partition coefficient (Wildman–Crippen LogP) is 3.12. The lowest BCUT2D eigenvalue weighted by molar-refractivity contribution is -0.118. The first kappa shape index (κ1) is 17.1. The molecule has 1 aliphatic heterocycles. The summed E-state index contributed by atoms with van der Waals surface area (Å²) in [6.45, 7) is 4.37. The molecule has 0 saturated carbocycles. The van der Waals surface area contributed by atoms with Gasteiger partial charge in [0, 0.05) is 18.3 Å². The maximum absolute atomic E-state index is 13.7. The maximum Gasteiger partial charge on any atom is 0.254 e. The van der Waals surface area contributed by atoms with Crippen LogP contribution in [0.15, 0.2) is 36.4 Å². The molecule has 1 saturated heterocycles. The average molecular weight is 344 g/mol. The van der Waals surface area contributed by atoms with Crippen molar-refractivity contribution < 1.29 is 18.4 Å². The van der Waals surface area contributed by atoms with Crippen molar-refractivity contribution in [1.29, 1.82) is 0 Å². The molecule has 0 bridgehead atoms. The molecule has 0 aliphatic carbocycles. The molecule has 4 nitrogen and oxygen atoms in total. The molecular formula is C19H18F2N2O2. The molecule has 0 radical (unpaired) electrons. The highest BCUT2D eigenvalue weighted by Gasteiger charge is 2.34. The van der Waals surface area contributed by atoms with Gasteiger partial charge in [0.25, 0.3) is 5.91 Å². The Morgan fingerprint density at radius 1 is 1.12 bits per heavy atom. The number of hydrogen-bond donors (Lipinski definition) is 1. The Hall–Kier alpha value is -2.76. The van der Waals surface area contributed by atoms with E-state index in [2.05, 4.69) is 5.32 Å². The van der Waals surface area contributed by atoms with Crippen molar-refractivity contribution in [2.75, 3.05) is 11.4 Å². The topological polar surface area (TPSA) is 49.4 Å². The number of hydrogen-bond acceptors (Lipinski definition) is 2. The minimum absolute atomic E-state index is 0.235. The van der Waals surface area contributed by atoms with Gasteiger partial charge in [-0.25, -0.2) is 8.78 Å². The highest BCUT2D eigenvalue weighted by Crippen LogP contribution is 2.24. The lowest BCUT2D eigenvalue weighted by Crippen LogP contribution is -2.41. The number of nitrogens with zero attached hydrogens (tertiary/aromatic N) is 1. The predicted molar refractivity (Wildman–Crippen MR) is 90.5 cm³/mol. The summed E-state index contributed by atoms with van der Waals surface area (Å²) in [5, 5.41) is 2.54. The molecule has 2 amide bonds. The lowest BCUT2D eigenvalue weighted by Gasteiger charge is -2.18. The Labute approximate surface area is 144 Å². The van der Waals surface area contributed by atoms with Gasteiger partial charge in [-0.05, 0) is 55.7 Å². The van der Waals surface area contributed by atoms with E-state index in [1.54, 1.807) is 4.90 Å². The fourth-order valence-corrected chi connectivity index (χ4v) is 3.09. The van der Waals surface area contributed by atoms with Crippen LogP contribution < -0.4 is 10.2 Å². The third kappa shape index (κ3) is 3.52. The van der Waals surface area contributed by atoms with Crippen LogP contribution in [0, 0.1) is 25.5 Å². The Morgan fingerprint density at radius 2 is 1.80 bits per heavy atom. The van der Waals surface area contributed by atoms with Gasteiger partial charge in [0.1, 0.15) is 17.7 Å². The van der Waals surface area contributed by atoms with Crippen LogP contribution in [0.2, 0.25) is 0 Å². The summed E-state index contributed by atoms with van der Waals surface area (Å²) in [5.74, 6) is -2.67. The van der Waals surface area contributed by atoms with E-state index >= 15 is 0 Å². The lowest BCUT2D eigenvalue weighted by atomic mass is 10.1. The van der Waals surface area contributed by atoms with Gasteiger partial charge in [-0.3, -0.25) is 9.59 Å². The van der Waals surface area contributed by atoms with Gasteiger partial charge in [-0.1, -0.05) is 6.07 Å². The molecule has 1 unspecified atom stereocenters. The van der Waals surface area contributed by atoms with E-state index in [9.17, 15) is 18.4 Å². The van der Waals surface area contributed by atoms with Gasteiger partial charge in [-0.2, -0.15) is 0 Å². The molecule has 0 aromatic heterocycles. The van der Waals surface area contributed by atoms with Crippen LogP contribution >= 0.6 is 0 Å². The molecule has 1 heterocycles. The summed E-state index contributed by atoms with van der Waals surface area (Å²) >= 11 is 0. The van der Waals surface area contributed by atoms with E-state index in [1.807, 2.05) is 32.0 Å². The zero-order chi connectivity index (χ0) is 18.1. The summed E-state index contributed by atoms with van der Waals surface area (Å²) < 4.78 is 26.7. The molecule has 1 N–H and O–H groups in total. The molecule has 3 rings (SSSR count). The molecule has 6 heteroatoms. The highest BCUT2D eigenvalue weighted by atomic mass is 19.1. The number of carbonyl (C=O) groups excluding carboxylic acids is 2. The molecule has 1 atom stereocenters. The number of rotatable bonds is 3. The van der Waals surface area contributed by atoms with Crippen LogP contribution in [0.1, 0.15) is 27.9 Å². The second-order valence-corrected chi connectivity index (χ2v) is 6.27. The maximum atomic E-state index is 13.7. The Morgan fingerprint density at radius 3 is 2.44 bits per heavy atom. The molecule has 25 heavy (non-hydrogen) atoms. The average Bonchev–Trinajstić information content (AvgIpc) is 2.87. The number of benzene rings is 2. The van der Waals surface area contributed by atoms with Gasteiger partial charge in [-0.15, -0.1) is 0 Å². The minimum atomic E-state index is -0.950. The van der Waals surface area contributed by atoms with Gasteiger partial charge in [0.2, 0.25) is 5.91 Å². The van der Waals surface area contributed by atoms with E-state index in [1.165, 1.54) is 0 Å². The standard InChI is InChI=1S/C19H18F2N2O2/c1-11-7-12(2)9-14(8-11)23-6-5-17(19(23)25)22-18(24)15-4-3-13(20)10-16(15)21/h3-4,7-10,17H,5-6H2,1-2H3,(H,22,24). The van der Waals surface area contributed by atoms with Crippen molar-refractivity contribution in [2.24, 2.45) is 0 Å². The third-order valence-electron chi connectivity index (χ3n) is 4.20. The molecular weight excluding hydrogens is 326 g/mol. The van der Waals surface area contributed by atoms with Gasteiger partial charge < -0.3 is 10.2 Å². The van der Waals surface area contributed by atoms with E-state index in [0.717, 1.165) is 28.9 Å². The van der Waals surface area contributed by atoms with Crippen LogP contribution in [0.5, 0.6) is 0 Å². The van der Waals surface area contributed by atoms with Gasteiger partial charge >= 0.3 is 0 Å². The SMILES string of the molecule is Cc1cc(C)cc(N2CCC(NC(=O)c3ccc(F)cc3F)C2=O)c1. The quantitative estimate of drug-likeness (QED) is 0.930. The molecule has 130 valence electrons. The fraction of sp³-hybridized carbons (Fsp3) is 0.263. The zero-order valence-electron chi connectivity index (χ0n) is 14.0. The molecule has 2 aromatic carbocycles. The van der Waals surface area contributed by atoms with Crippen LogP contribution in [0.3, 0.4) is 0 Å². The van der Waals surface area contributed by atoms with E-state index in [0.29, 0.717) is 19.0 Å². The number of aryl methyl sites for hydroxylation is 2. The first-order valence-corrected chi connectivity index (χ1v) is 8.01. The van der Waals surface area contributed by atoms with Crippen molar-refractivity contribution in [3.05, 3.63) is 64.7 Å². The summed E-state index contributed by atoms with van der Waals surface area (Å²) in [5.41, 5.74) is 2.60. The summed E-state index contributed by atoms with van der Waals surface area (Å²) in [6.07, 6.45) is 0.431. The Balaban J connectivity index is 1.74.